The number of benzene rings is 4. The minimum atomic E-state index is 0. The van der Waals surface area contributed by atoms with Gasteiger partial charge in [-0.3, -0.25) is 4.68 Å². The quantitative estimate of drug-likeness (QED) is 0.103. The standard InChI is InChI=1S/C43H42N4O2.Pd/c1-8-12-37-43(42-29(5)20-27(3)21-30(42)6)39(13-9-2)47(45-37)31-22-28(4)23-34(24-31)49-33-16-17-36-35-14-10-11-15-38(35)46(40(36)25-33)41-26-32(48-7)18-19-44-41;/h10-11,14-23,26H,8-9,12-13H2,1-7H3;/q-2;+2. The molecule has 0 aliphatic rings. The molecule has 0 atom stereocenters. The van der Waals surface area contributed by atoms with Crippen molar-refractivity contribution in [3.8, 4) is 39.9 Å². The molecule has 0 aliphatic carbocycles. The topological polar surface area (TPSA) is 54.1 Å². The Morgan fingerprint density at radius 2 is 1.48 bits per heavy atom. The van der Waals surface area contributed by atoms with Gasteiger partial charge in [0.1, 0.15) is 11.6 Å². The number of para-hydroxylation sites is 1. The van der Waals surface area contributed by atoms with Crippen molar-refractivity contribution in [3.63, 3.8) is 0 Å². The largest absolute Gasteiger partial charge is 2.00 e. The molecule has 0 amide bonds. The number of rotatable bonds is 10. The summed E-state index contributed by atoms with van der Waals surface area (Å²) in [4.78, 5) is 4.69. The van der Waals surface area contributed by atoms with E-state index in [4.69, 9.17) is 14.6 Å². The van der Waals surface area contributed by atoms with E-state index in [0.717, 1.165) is 76.0 Å². The van der Waals surface area contributed by atoms with Crippen molar-refractivity contribution in [2.45, 2.75) is 67.2 Å². The number of aryl methyl sites for hydroxylation is 5. The third-order valence-electron chi connectivity index (χ3n) is 9.12. The number of hydrogen-bond donors (Lipinski definition) is 0. The minimum Gasteiger partial charge on any atom is -0.509 e. The van der Waals surface area contributed by atoms with E-state index < -0.39 is 0 Å². The van der Waals surface area contributed by atoms with Crippen LogP contribution in [0.3, 0.4) is 0 Å². The molecule has 0 N–H and O–H groups in total. The average molecular weight is 753 g/mol. The van der Waals surface area contributed by atoms with Gasteiger partial charge in [0.25, 0.3) is 0 Å². The van der Waals surface area contributed by atoms with Crippen molar-refractivity contribution in [1.29, 1.82) is 0 Å². The Balaban J connectivity index is 0.00000432. The fourth-order valence-electron chi connectivity index (χ4n) is 7.22. The summed E-state index contributed by atoms with van der Waals surface area (Å²) in [5, 5.41) is 7.47. The fourth-order valence-corrected chi connectivity index (χ4v) is 7.22. The first kappa shape index (κ1) is 35.1. The molecule has 0 spiro atoms. The first-order valence-corrected chi connectivity index (χ1v) is 17.2. The number of hydrogen-bond acceptors (Lipinski definition) is 4. The summed E-state index contributed by atoms with van der Waals surface area (Å²) in [5.41, 5.74) is 12.6. The second-order valence-corrected chi connectivity index (χ2v) is 13.0. The summed E-state index contributed by atoms with van der Waals surface area (Å²) in [7, 11) is 1.67. The minimum absolute atomic E-state index is 0. The van der Waals surface area contributed by atoms with Crippen LogP contribution in [0.5, 0.6) is 17.2 Å². The third-order valence-corrected chi connectivity index (χ3v) is 9.12. The van der Waals surface area contributed by atoms with E-state index in [1.165, 1.54) is 33.5 Å². The number of fused-ring (bicyclic) bond motifs is 3. The van der Waals surface area contributed by atoms with E-state index in [9.17, 15) is 0 Å². The van der Waals surface area contributed by atoms with Gasteiger partial charge in [-0.2, -0.15) is 16.7 Å². The van der Waals surface area contributed by atoms with Gasteiger partial charge in [-0.25, -0.2) is 4.98 Å². The molecule has 3 heterocycles. The van der Waals surface area contributed by atoms with Crippen LogP contribution in [0.4, 0.5) is 0 Å². The van der Waals surface area contributed by atoms with Crippen LogP contribution in [-0.4, -0.2) is 26.4 Å². The van der Waals surface area contributed by atoms with Gasteiger partial charge in [-0.05, 0) is 73.5 Å². The van der Waals surface area contributed by atoms with Crippen molar-refractivity contribution >= 4 is 21.8 Å². The Hall–Kier alpha value is -4.70. The number of pyridine rings is 1. The summed E-state index contributed by atoms with van der Waals surface area (Å²) >= 11 is 0. The first-order valence-electron chi connectivity index (χ1n) is 17.2. The molecule has 0 radical (unpaired) electrons. The molecule has 4 aromatic carbocycles. The third kappa shape index (κ3) is 6.49. The van der Waals surface area contributed by atoms with Crippen LogP contribution in [0.2, 0.25) is 0 Å². The summed E-state index contributed by atoms with van der Waals surface area (Å²) in [5.74, 6) is 2.71. The molecule has 7 aromatic rings. The van der Waals surface area contributed by atoms with Gasteiger partial charge in [0.15, 0.2) is 0 Å². The van der Waals surface area contributed by atoms with Crippen molar-refractivity contribution in [3.05, 3.63) is 125 Å². The number of nitrogens with zero attached hydrogens (tertiary/aromatic N) is 4. The molecule has 256 valence electrons. The van der Waals surface area contributed by atoms with Gasteiger partial charge < -0.3 is 14.0 Å². The molecule has 0 bridgehead atoms. The number of methoxy groups -OCH3 is 1. The molecule has 6 nitrogen and oxygen atoms in total. The fraction of sp³-hybridized carbons (Fsp3) is 0.256. The van der Waals surface area contributed by atoms with Crippen LogP contribution in [0.15, 0.2) is 79.0 Å². The molecule has 0 saturated heterocycles. The van der Waals surface area contributed by atoms with E-state index in [1.54, 1.807) is 13.3 Å². The van der Waals surface area contributed by atoms with Gasteiger partial charge in [0, 0.05) is 40.5 Å². The van der Waals surface area contributed by atoms with Gasteiger partial charge in [0.05, 0.1) is 12.8 Å². The molecule has 50 heavy (non-hydrogen) atoms. The molecule has 0 saturated carbocycles. The van der Waals surface area contributed by atoms with Crippen molar-refractivity contribution in [2.75, 3.05) is 7.11 Å². The van der Waals surface area contributed by atoms with Crippen LogP contribution in [0, 0.1) is 39.8 Å². The Morgan fingerprint density at radius 1 is 0.740 bits per heavy atom. The maximum atomic E-state index is 6.57. The molecule has 0 aliphatic heterocycles. The second kappa shape index (κ2) is 14.6. The Bertz CT molecular complexity index is 2310. The summed E-state index contributed by atoms with van der Waals surface area (Å²) in [6.07, 6.45) is 5.61. The first-order chi connectivity index (χ1) is 23.8. The predicted octanol–water partition coefficient (Wildman–Crippen LogP) is 10.6. The smallest absolute Gasteiger partial charge is 0.509 e. The molecule has 7 heteroatoms. The molecule has 7 rings (SSSR count). The van der Waals surface area contributed by atoms with Crippen molar-refractivity contribution < 1.29 is 29.9 Å². The average Bonchev–Trinajstić information content (AvgIpc) is 3.59. The van der Waals surface area contributed by atoms with Crippen LogP contribution in [-0.2, 0) is 33.3 Å². The maximum absolute atomic E-state index is 6.57. The van der Waals surface area contributed by atoms with Crippen LogP contribution < -0.4 is 9.47 Å². The summed E-state index contributed by atoms with van der Waals surface area (Å²) in [6.45, 7) is 13.2. The zero-order chi connectivity index (χ0) is 34.2. The zero-order valence-corrected chi connectivity index (χ0v) is 31.3. The van der Waals surface area contributed by atoms with E-state index >= 15 is 0 Å². The molecular formula is C43H42N4O2Pd. The van der Waals surface area contributed by atoms with E-state index in [1.807, 2.05) is 30.3 Å². The summed E-state index contributed by atoms with van der Waals surface area (Å²) < 4.78 is 16.3. The SMILES string of the molecule is CCCc1nn(-c2[c-]c(Oc3[c-]c4c(cc3)c3ccccc3n4-c3cc(OC)ccn3)cc(C)c2)c(CCC)c1-c1c(C)cc(C)cc1C.[Pd+2]. The van der Waals surface area contributed by atoms with E-state index in [-0.39, 0.29) is 20.4 Å². The van der Waals surface area contributed by atoms with Crippen LogP contribution >= 0.6 is 0 Å². The molecular weight excluding hydrogens is 711 g/mol. The van der Waals surface area contributed by atoms with E-state index in [0.29, 0.717) is 11.5 Å². The maximum Gasteiger partial charge on any atom is 2.00 e. The monoisotopic (exact) mass is 752 g/mol. The number of aromatic nitrogens is 4. The zero-order valence-electron chi connectivity index (χ0n) is 29.8. The Morgan fingerprint density at radius 3 is 2.22 bits per heavy atom. The molecule has 0 unspecified atom stereocenters. The van der Waals surface area contributed by atoms with Gasteiger partial charge >= 0.3 is 20.4 Å². The second-order valence-electron chi connectivity index (χ2n) is 13.0. The van der Waals surface area contributed by atoms with E-state index in [2.05, 4.69) is 110 Å². The number of ether oxygens (including phenoxy) is 2. The van der Waals surface area contributed by atoms with Crippen molar-refractivity contribution in [2.24, 2.45) is 0 Å². The van der Waals surface area contributed by atoms with Gasteiger partial charge in [0.2, 0.25) is 0 Å². The predicted molar refractivity (Wildman–Crippen MR) is 199 cm³/mol. The van der Waals surface area contributed by atoms with Gasteiger partial charge in [-0.1, -0.05) is 75.0 Å². The van der Waals surface area contributed by atoms with Crippen molar-refractivity contribution in [1.82, 2.24) is 19.3 Å². The van der Waals surface area contributed by atoms with Gasteiger partial charge in [-0.15, -0.1) is 35.7 Å². The normalized spacial score (nSPS) is 11.3. The Kier molecular flexibility index (Phi) is 10.3. The molecule has 3 aromatic heterocycles. The van der Waals surface area contributed by atoms with Crippen LogP contribution in [0.25, 0.3) is 44.4 Å². The Labute approximate surface area is 308 Å². The van der Waals surface area contributed by atoms with Crippen LogP contribution in [0.1, 0.15) is 60.3 Å². The summed E-state index contributed by atoms with van der Waals surface area (Å²) in [6, 6.07) is 32.1. The molecule has 0 fully saturated rings.